The Labute approximate surface area is 111 Å². The van der Waals surface area contributed by atoms with Crippen LogP contribution in [0.3, 0.4) is 0 Å². The van der Waals surface area contributed by atoms with Crippen LogP contribution in [-0.2, 0) is 19.1 Å². The Morgan fingerprint density at radius 3 is 2.28 bits per heavy atom. The van der Waals surface area contributed by atoms with Crippen LogP contribution < -0.4 is 16.2 Å². The van der Waals surface area contributed by atoms with Gasteiger partial charge in [-0.05, 0) is 18.6 Å². The van der Waals surface area contributed by atoms with Crippen molar-refractivity contribution in [1.82, 2.24) is 16.2 Å². The molecule has 0 atom stereocenters. The van der Waals surface area contributed by atoms with E-state index >= 15 is 0 Å². The first-order valence-corrected chi connectivity index (χ1v) is 5.85. The summed E-state index contributed by atoms with van der Waals surface area (Å²) in [6, 6.07) is 0. The lowest BCUT2D eigenvalue weighted by Crippen LogP contribution is -2.48. The highest BCUT2D eigenvalue weighted by atomic mass is 32.1. The highest BCUT2D eigenvalue weighted by Gasteiger charge is 2.08. The maximum Gasteiger partial charge on any atom is 0.306 e. The Morgan fingerprint density at radius 1 is 1.06 bits per heavy atom. The maximum atomic E-state index is 11.3. The lowest BCUT2D eigenvalue weighted by Gasteiger charge is -2.10. The Bertz CT molecular complexity index is 333. The first-order chi connectivity index (χ1) is 8.49. The fraction of sp³-hybridized carbons (Fsp3) is 0.600. The van der Waals surface area contributed by atoms with Crippen LogP contribution in [-0.4, -0.2) is 30.0 Å². The third-order valence-electron chi connectivity index (χ3n) is 1.83. The number of amides is 2. The van der Waals surface area contributed by atoms with Gasteiger partial charge in [-0.3, -0.25) is 25.2 Å². The molecule has 0 aliphatic carbocycles. The van der Waals surface area contributed by atoms with Crippen LogP contribution >= 0.6 is 12.2 Å². The highest BCUT2D eigenvalue weighted by molar-refractivity contribution is 7.80. The molecule has 0 aliphatic rings. The van der Waals surface area contributed by atoms with E-state index in [1.165, 1.54) is 7.11 Å². The number of hydrazine groups is 1. The van der Waals surface area contributed by atoms with Crippen molar-refractivity contribution >= 4 is 35.1 Å². The second kappa shape index (κ2) is 9.34. The molecule has 0 radical (unpaired) electrons. The van der Waals surface area contributed by atoms with Crippen molar-refractivity contribution in [3.05, 3.63) is 0 Å². The molecule has 0 aliphatic heterocycles. The number of esters is 1. The number of carbonyl (C=O) groups is 3. The molecule has 0 bridgehead atoms. The topological polar surface area (TPSA) is 96.5 Å². The zero-order chi connectivity index (χ0) is 14.0. The summed E-state index contributed by atoms with van der Waals surface area (Å²) >= 11 is 4.77. The molecular weight excluding hydrogens is 258 g/mol. The van der Waals surface area contributed by atoms with Crippen LogP contribution in [0, 0.1) is 0 Å². The average molecular weight is 275 g/mol. The van der Waals surface area contributed by atoms with Gasteiger partial charge in [0.1, 0.15) is 0 Å². The largest absolute Gasteiger partial charge is 0.469 e. The normalized spacial score (nSPS) is 9.22. The van der Waals surface area contributed by atoms with Crippen LogP contribution in [0.4, 0.5) is 0 Å². The van der Waals surface area contributed by atoms with Crippen molar-refractivity contribution in [1.29, 1.82) is 0 Å². The number of thiocarbonyl (C=S) groups is 1. The number of nitrogens with one attached hydrogen (secondary N) is 3. The monoisotopic (exact) mass is 275 g/mol. The zero-order valence-corrected chi connectivity index (χ0v) is 11.2. The van der Waals surface area contributed by atoms with Crippen molar-refractivity contribution in [2.45, 2.75) is 32.6 Å². The fourth-order valence-corrected chi connectivity index (χ4v) is 1.12. The minimum atomic E-state index is -0.472. The van der Waals surface area contributed by atoms with Crippen LogP contribution in [0.15, 0.2) is 0 Å². The molecule has 2 amide bonds. The third kappa shape index (κ3) is 8.45. The molecule has 18 heavy (non-hydrogen) atoms. The van der Waals surface area contributed by atoms with Crippen LogP contribution in [0.25, 0.3) is 0 Å². The molecule has 0 fully saturated rings. The Hall–Kier alpha value is -1.70. The molecule has 0 aromatic carbocycles. The second-order valence-electron chi connectivity index (χ2n) is 3.38. The van der Waals surface area contributed by atoms with Gasteiger partial charge in [0.25, 0.3) is 0 Å². The number of hydrogen-bond donors (Lipinski definition) is 3. The minimum absolute atomic E-state index is 0.0191. The predicted molar refractivity (Wildman–Crippen MR) is 68.2 cm³/mol. The molecule has 8 heteroatoms. The van der Waals surface area contributed by atoms with Gasteiger partial charge in [-0.1, -0.05) is 6.92 Å². The Balaban J connectivity index is 3.77. The summed E-state index contributed by atoms with van der Waals surface area (Å²) in [5.74, 6) is -1.12. The van der Waals surface area contributed by atoms with Gasteiger partial charge in [-0.15, -0.1) is 0 Å². The van der Waals surface area contributed by atoms with E-state index in [1.54, 1.807) is 0 Å². The zero-order valence-electron chi connectivity index (χ0n) is 10.4. The van der Waals surface area contributed by atoms with Crippen molar-refractivity contribution in [3.63, 3.8) is 0 Å². The first-order valence-electron chi connectivity index (χ1n) is 5.45. The van der Waals surface area contributed by atoms with Gasteiger partial charge in [-0.2, -0.15) is 0 Å². The smallest absolute Gasteiger partial charge is 0.306 e. The number of methoxy groups -OCH3 is 1. The number of hydrogen-bond acceptors (Lipinski definition) is 5. The standard InChI is InChI=1S/C10H17N3O4S/c1-3-4-8(15)12-13-10(18)11-7(14)5-6-9(16)17-2/h3-6H2,1-2H3,(H,12,15)(H2,11,13,14,18). The Morgan fingerprint density at radius 2 is 1.72 bits per heavy atom. The molecule has 0 aromatic heterocycles. The van der Waals surface area contributed by atoms with E-state index in [9.17, 15) is 14.4 Å². The molecule has 0 heterocycles. The molecule has 102 valence electrons. The SMILES string of the molecule is CCCC(=O)NNC(=S)NC(=O)CCC(=O)OC. The minimum Gasteiger partial charge on any atom is -0.469 e. The quantitative estimate of drug-likeness (QED) is 0.364. The molecule has 0 spiro atoms. The lowest BCUT2D eigenvalue weighted by molar-refractivity contribution is -0.142. The van der Waals surface area contributed by atoms with Gasteiger partial charge in [0.2, 0.25) is 11.8 Å². The summed E-state index contributed by atoms with van der Waals surface area (Å²) in [5, 5.41) is 2.30. The van der Waals surface area contributed by atoms with Gasteiger partial charge < -0.3 is 10.1 Å². The van der Waals surface area contributed by atoms with Crippen LogP contribution in [0.5, 0.6) is 0 Å². The van der Waals surface area contributed by atoms with Gasteiger partial charge in [-0.25, -0.2) is 0 Å². The number of carbonyl (C=O) groups excluding carboxylic acids is 3. The fourth-order valence-electron chi connectivity index (χ4n) is 0.954. The van der Waals surface area contributed by atoms with E-state index in [-0.39, 0.29) is 23.9 Å². The van der Waals surface area contributed by atoms with E-state index in [2.05, 4.69) is 20.9 Å². The number of ether oxygens (including phenoxy) is 1. The molecule has 0 aromatic rings. The van der Waals surface area contributed by atoms with Gasteiger partial charge in [0.05, 0.1) is 13.5 Å². The summed E-state index contributed by atoms with van der Waals surface area (Å²) in [4.78, 5) is 33.1. The average Bonchev–Trinajstić information content (AvgIpc) is 2.33. The van der Waals surface area contributed by atoms with Crippen molar-refractivity contribution in [2.75, 3.05) is 7.11 Å². The summed E-state index contributed by atoms with van der Waals surface area (Å²) < 4.78 is 4.39. The van der Waals surface area contributed by atoms with Crippen LogP contribution in [0.1, 0.15) is 32.6 Å². The predicted octanol–water partition coefficient (Wildman–Crippen LogP) is -0.238. The van der Waals surface area contributed by atoms with Gasteiger partial charge in [0.15, 0.2) is 5.11 Å². The highest BCUT2D eigenvalue weighted by Crippen LogP contribution is 1.91. The first kappa shape index (κ1) is 16.3. The van der Waals surface area contributed by atoms with Gasteiger partial charge >= 0.3 is 5.97 Å². The van der Waals surface area contributed by atoms with E-state index in [1.807, 2.05) is 6.92 Å². The second-order valence-corrected chi connectivity index (χ2v) is 3.78. The van der Waals surface area contributed by atoms with E-state index < -0.39 is 11.9 Å². The molecule has 7 nitrogen and oxygen atoms in total. The summed E-state index contributed by atoms with van der Waals surface area (Å²) in [7, 11) is 1.25. The molecule has 0 saturated carbocycles. The van der Waals surface area contributed by atoms with Crippen molar-refractivity contribution < 1.29 is 19.1 Å². The molecule has 3 N–H and O–H groups in total. The molecular formula is C10H17N3O4S. The molecule has 0 unspecified atom stereocenters. The summed E-state index contributed by atoms with van der Waals surface area (Å²) in [5.41, 5.74) is 4.71. The summed E-state index contributed by atoms with van der Waals surface area (Å²) in [6.07, 6.45) is 1.03. The summed E-state index contributed by atoms with van der Waals surface area (Å²) in [6.45, 7) is 1.87. The van der Waals surface area contributed by atoms with Crippen molar-refractivity contribution in [3.8, 4) is 0 Å². The lowest BCUT2D eigenvalue weighted by atomic mass is 10.3. The van der Waals surface area contributed by atoms with E-state index in [0.717, 1.165) is 0 Å². The third-order valence-corrected chi connectivity index (χ3v) is 2.03. The van der Waals surface area contributed by atoms with E-state index in [4.69, 9.17) is 12.2 Å². The number of rotatable bonds is 5. The Kier molecular flexibility index (Phi) is 8.46. The van der Waals surface area contributed by atoms with Crippen molar-refractivity contribution in [2.24, 2.45) is 0 Å². The maximum absolute atomic E-state index is 11.3. The molecule has 0 saturated heterocycles. The van der Waals surface area contributed by atoms with Crippen LogP contribution in [0.2, 0.25) is 0 Å². The molecule has 0 rings (SSSR count). The van der Waals surface area contributed by atoms with Gasteiger partial charge in [0, 0.05) is 12.8 Å². The van der Waals surface area contributed by atoms with E-state index in [0.29, 0.717) is 12.8 Å².